The van der Waals surface area contributed by atoms with Gasteiger partial charge in [0, 0.05) is 17.3 Å². The van der Waals surface area contributed by atoms with Gasteiger partial charge >= 0.3 is 5.76 Å². The molecule has 0 aliphatic heterocycles. The van der Waals surface area contributed by atoms with Crippen LogP contribution in [-0.2, 0) is 5.54 Å². The predicted octanol–water partition coefficient (Wildman–Crippen LogP) is 3.14. The molecule has 7 nitrogen and oxygen atoms in total. The summed E-state index contributed by atoms with van der Waals surface area (Å²) in [4.78, 5) is 31.2. The number of carbonyl (C=O) groups is 1. The molecule has 1 saturated carbocycles. The molecule has 2 aromatic carbocycles. The van der Waals surface area contributed by atoms with Crippen LogP contribution in [-0.4, -0.2) is 21.0 Å². The van der Waals surface area contributed by atoms with E-state index in [1.54, 1.807) is 6.07 Å². The number of rotatable bonds is 4. The number of fused-ring (bicyclic) bond motifs is 1. The second-order valence-electron chi connectivity index (χ2n) is 7.06. The van der Waals surface area contributed by atoms with Crippen LogP contribution >= 0.6 is 0 Å². The van der Waals surface area contributed by atoms with Crippen molar-refractivity contribution in [1.29, 1.82) is 0 Å². The van der Waals surface area contributed by atoms with Crippen molar-refractivity contribution < 1.29 is 13.7 Å². The van der Waals surface area contributed by atoms with E-state index in [9.17, 15) is 14.0 Å². The Morgan fingerprint density at radius 3 is 2.72 bits per heavy atom. The van der Waals surface area contributed by atoms with Crippen LogP contribution in [0.15, 0.2) is 64.0 Å². The summed E-state index contributed by atoms with van der Waals surface area (Å²) < 4.78 is 18.8. The van der Waals surface area contributed by atoms with E-state index in [1.807, 2.05) is 30.3 Å². The highest BCUT2D eigenvalue weighted by Crippen LogP contribution is 2.45. The molecule has 0 bridgehead atoms. The number of pyridine rings is 1. The van der Waals surface area contributed by atoms with Gasteiger partial charge in [-0.1, -0.05) is 29.4 Å². The first-order valence-corrected chi connectivity index (χ1v) is 9.08. The molecule has 1 fully saturated rings. The summed E-state index contributed by atoms with van der Waals surface area (Å²) in [5.41, 5.74) is 0.370. The second kappa shape index (κ2) is 6.37. The van der Waals surface area contributed by atoms with Crippen molar-refractivity contribution >= 4 is 16.7 Å². The Morgan fingerprint density at radius 2 is 2.00 bits per heavy atom. The number of nitrogens with zero attached hydrogens (tertiary/aromatic N) is 2. The first-order chi connectivity index (χ1) is 14.1. The zero-order valence-electron chi connectivity index (χ0n) is 15.1. The molecule has 0 radical (unpaired) electrons. The van der Waals surface area contributed by atoms with Crippen molar-refractivity contribution in [2.45, 2.75) is 18.4 Å². The van der Waals surface area contributed by atoms with Gasteiger partial charge in [0.05, 0.1) is 5.54 Å². The normalized spacial score (nSPS) is 14.7. The largest absolute Gasteiger partial charge is 0.439 e. The van der Waals surface area contributed by atoms with Gasteiger partial charge in [-0.05, 0) is 47.9 Å². The summed E-state index contributed by atoms with van der Waals surface area (Å²) in [6.07, 6.45) is 2.74. The number of H-pyrrole nitrogens is 1. The Bertz CT molecular complexity index is 1310. The number of aromatic amines is 1. The summed E-state index contributed by atoms with van der Waals surface area (Å²) >= 11 is 0. The van der Waals surface area contributed by atoms with E-state index in [4.69, 9.17) is 0 Å². The lowest BCUT2D eigenvalue weighted by Crippen LogP contribution is -2.36. The lowest BCUT2D eigenvalue weighted by molar-refractivity contribution is 0.0930. The van der Waals surface area contributed by atoms with Crippen molar-refractivity contribution in [3.63, 3.8) is 0 Å². The zero-order valence-corrected chi connectivity index (χ0v) is 15.1. The smallest absolute Gasteiger partial charge is 0.341 e. The molecule has 4 aromatic rings. The molecule has 144 valence electrons. The van der Waals surface area contributed by atoms with Gasteiger partial charge in [0.15, 0.2) is 5.82 Å². The minimum Gasteiger partial charge on any atom is -0.341 e. The highest BCUT2D eigenvalue weighted by molar-refractivity contribution is 6.09. The highest BCUT2D eigenvalue weighted by atomic mass is 19.1. The van der Waals surface area contributed by atoms with Crippen LogP contribution in [0.2, 0.25) is 0 Å². The number of amides is 1. The SMILES string of the molecule is O=C(NC1(c2ncccc2F)CC1)c1cc(-c2noc(=O)[nH]2)cc2ccccc12. The topological polar surface area (TPSA) is 101 Å². The molecule has 1 amide bonds. The van der Waals surface area contributed by atoms with Gasteiger partial charge in [-0.2, -0.15) is 0 Å². The predicted molar refractivity (Wildman–Crippen MR) is 103 cm³/mol. The summed E-state index contributed by atoms with van der Waals surface area (Å²) in [5.74, 6) is -1.24. The molecule has 0 atom stereocenters. The maximum Gasteiger partial charge on any atom is 0.439 e. The van der Waals surface area contributed by atoms with E-state index in [-0.39, 0.29) is 17.4 Å². The third-order valence-electron chi connectivity index (χ3n) is 5.13. The van der Waals surface area contributed by atoms with E-state index < -0.39 is 17.1 Å². The maximum absolute atomic E-state index is 14.3. The second-order valence-corrected chi connectivity index (χ2v) is 7.06. The third-order valence-corrected chi connectivity index (χ3v) is 5.13. The average molecular weight is 390 g/mol. The van der Waals surface area contributed by atoms with Crippen LogP contribution in [0.1, 0.15) is 28.9 Å². The molecule has 0 spiro atoms. The van der Waals surface area contributed by atoms with E-state index >= 15 is 0 Å². The number of nitrogens with one attached hydrogen (secondary N) is 2. The zero-order chi connectivity index (χ0) is 20.0. The summed E-state index contributed by atoms with van der Waals surface area (Å²) in [6, 6.07) is 13.7. The Morgan fingerprint density at radius 1 is 1.17 bits per heavy atom. The van der Waals surface area contributed by atoms with E-state index in [2.05, 4.69) is 25.0 Å². The van der Waals surface area contributed by atoms with Crippen LogP contribution in [0.3, 0.4) is 0 Å². The molecule has 0 unspecified atom stereocenters. The van der Waals surface area contributed by atoms with Gasteiger partial charge in [-0.25, -0.2) is 9.18 Å². The van der Waals surface area contributed by atoms with Gasteiger partial charge in [0.25, 0.3) is 5.91 Å². The van der Waals surface area contributed by atoms with E-state index in [0.29, 0.717) is 24.0 Å². The number of aromatic nitrogens is 3. The number of halogens is 1. The number of hydrogen-bond donors (Lipinski definition) is 2. The minimum absolute atomic E-state index is 0.228. The Kier molecular flexibility index (Phi) is 3.80. The molecule has 1 aliphatic carbocycles. The quantitative estimate of drug-likeness (QED) is 0.558. The molecule has 2 N–H and O–H groups in total. The number of hydrogen-bond acceptors (Lipinski definition) is 5. The fourth-order valence-corrected chi connectivity index (χ4v) is 3.56. The van der Waals surface area contributed by atoms with Crippen molar-refractivity contribution in [2.24, 2.45) is 0 Å². The monoisotopic (exact) mass is 390 g/mol. The Labute approximate surface area is 163 Å². The van der Waals surface area contributed by atoms with Crippen molar-refractivity contribution in [3.05, 3.63) is 82.4 Å². The molecule has 1 aliphatic rings. The van der Waals surface area contributed by atoms with Crippen LogP contribution < -0.4 is 11.1 Å². The van der Waals surface area contributed by atoms with E-state index in [0.717, 1.165) is 10.8 Å². The van der Waals surface area contributed by atoms with Crippen LogP contribution in [0.4, 0.5) is 4.39 Å². The minimum atomic E-state index is -0.804. The fourth-order valence-electron chi connectivity index (χ4n) is 3.56. The first-order valence-electron chi connectivity index (χ1n) is 9.08. The number of benzene rings is 2. The average Bonchev–Trinajstić information content (AvgIpc) is 3.37. The molecular formula is C21H15FN4O3. The van der Waals surface area contributed by atoms with Gasteiger partial charge in [-0.15, -0.1) is 0 Å². The van der Waals surface area contributed by atoms with Gasteiger partial charge in [-0.3, -0.25) is 19.3 Å². The first kappa shape index (κ1) is 17.3. The third kappa shape index (κ3) is 2.98. The van der Waals surface area contributed by atoms with Crippen molar-refractivity contribution in [2.75, 3.05) is 0 Å². The van der Waals surface area contributed by atoms with Crippen LogP contribution in [0.25, 0.3) is 22.2 Å². The summed E-state index contributed by atoms with van der Waals surface area (Å²) in [5, 5.41) is 8.20. The molecule has 29 heavy (non-hydrogen) atoms. The summed E-state index contributed by atoms with van der Waals surface area (Å²) in [6.45, 7) is 0. The molecule has 0 saturated heterocycles. The van der Waals surface area contributed by atoms with Crippen LogP contribution in [0.5, 0.6) is 0 Å². The van der Waals surface area contributed by atoms with E-state index in [1.165, 1.54) is 18.3 Å². The van der Waals surface area contributed by atoms with Gasteiger partial charge < -0.3 is 5.32 Å². The molecule has 5 rings (SSSR count). The highest BCUT2D eigenvalue weighted by Gasteiger charge is 2.49. The van der Waals surface area contributed by atoms with Crippen molar-refractivity contribution in [1.82, 2.24) is 20.4 Å². The van der Waals surface area contributed by atoms with Crippen LogP contribution in [0, 0.1) is 5.82 Å². The van der Waals surface area contributed by atoms with Crippen molar-refractivity contribution in [3.8, 4) is 11.4 Å². The lowest BCUT2D eigenvalue weighted by Gasteiger charge is -2.18. The standard InChI is InChI=1S/C21H15FN4O3/c22-16-6-3-9-23-17(16)21(7-8-21)25-19(27)15-11-13(18-24-20(28)29-26-18)10-12-4-1-2-5-14(12)15/h1-6,9-11H,7-8H2,(H,25,27)(H,24,26,28). The molecule has 8 heteroatoms. The Balaban J connectivity index is 1.58. The summed E-state index contributed by atoms with van der Waals surface area (Å²) in [7, 11) is 0. The molecular weight excluding hydrogens is 375 g/mol. The molecule has 2 aromatic heterocycles. The molecule has 2 heterocycles. The van der Waals surface area contributed by atoms with Gasteiger partial charge in [0.1, 0.15) is 11.5 Å². The lowest BCUT2D eigenvalue weighted by atomic mass is 9.99. The fraction of sp³-hybridized carbons (Fsp3) is 0.143. The maximum atomic E-state index is 14.3. The Hall–Kier alpha value is -3.81. The number of carbonyl (C=O) groups excluding carboxylic acids is 1. The van der Waals surface area contributed by atoms with Gasteiger partial charge in [0.2, 0.25) is 0 Å².